The van der Waals surface area contributed by atoms with E-state index < -0.39 is 6.29 Å². The predicted octanol–water partition coefficient (Wildman–Crippen LogP) is 0.589. The van der Waals surface area contributed by atoms with E-state index in [0.717, 1.165) is 0 Å². The maximum Gasteiger partial charge on any atom is 0.225 e. The van der Waals surface area contributed by atoms with Gasteiger partial charge < -0.3 is 9.47 Å². The van der Waals surface area contributed by atoms with Crippen molar-refractivity contribution in [3.8, 4) is 0 Å². The van der Waals surface area contributed by atoms with Gasteiger partial charge in [0.25, 0.3) is 0 Å². The molecule has 54 valence electrons. The number of halogens is 1. The molecule has 0 unspecified atom stereocenters. The van der Waals surface area contributed by atoms with E-state index in [2.05, 4.69) is 15.9 Å². The van der Waals surface area contributed by atoms with Gasteiger partial charge in [-0.15, -0.1) is 0 Å². The van der Waals surface area contributed by atoms with Crippen molar-refractivity contribution in [2.75, 3.05) is 6.61 Å². The van der Waals surface area contributed by atoms with Gasteiger partial charge in [-0.25, -0.2) is 0 Å². The van der Waals surface area contributed by atoms with Crippen LogP contribution in [0.25, 0.3) is 0 Å². The molecule has 0 radical (unpaired) electrons. The fraction of sp³-hybridized carbons (Fsp3) is 0.500. The number of carbonyl (C=O) groups excluding carboxylic acids is 1. The molecule has 0 aromatic carbocycles. The van der Waals surface area contributed by atoms with Crippen LogP contribution in [-0.2, 0) is 14.3 Å². The molecule has 2 atom stereocenters. The van der Waals surface area contributed by atoms with Crippen LogP contribution >= 0.6 is 15.9 Å². The molecule has 2 heterocycles. The molecule has 4 heteroatoms. The van der Waals surface area contributed by atoms with Gasteiger partial charge in [0.15, 0.2) is 0 Å². The summed E-state index contributed by atoms with van der Waals surface area (Å²) in [5.41, 5.74) is 0. The predicted molar refractivity (Wildman–Crippen MR) is 36.6 cm³/mol. The lowest BCUT2D eigenvalue weighted by molar-refractivity contribution is -0.142. The highest BCUT2D eigenvalue weighted by atomic mass is 79.9. The molecule has 0 saturated carbocycles. The number of Topliss-reactive ketones (excluding diaryl/α,β-unsaturated/α-hetero) is 1. The van der Waals surface area contributed by atoms with Gasteiger partial charge in [-0.3, -0.25) is 4.79 Å². The zero-order valence-corrected chi connectivity index (χ0v) is 6.63. The molecule has 0 spiro atoms. The van der Waals surface area contributed by atoms with Crippen molar-refractivity contribution in [3.05, 3.63) is 10.6 Å². The molecular formula is C6H5BrO3. The molecule has 2 rings (SSSR count). The zero-order valence-electron chi connectivity index (χ0n) is 5.04. The number of hydrogen-bond acceptors (Lipinski definition) is 3. The van der Waals surface area contributed by atoms with Gasteiger partial charge in [-0.05, 0) is 22.0 Å². The van der Waals surface area contributed by atoms with Crippen molar-refractivity contribution in [1.82, 2.24) is 0 Å². The largest absolute Gasteiger partial charge is 0.343 e. The van der Waals surface area contributed by atoms with Crippen LogP contribution in [0.5, 0.6) is 0 Å². The summed E-state index contributed by atoms with van der Waals surface area (Å²) in [6.45, 7) is 0.492. The van der Waals surface area contributed by atoms with Crippen molar-refractivity contribution in [3.63, 3.8) is 0 Å². The Bertz CT molecular complexity index is 211. The van der Waals surface area contributed by atoms with Crippen LogP contribution in [0.15, 0.2) is 10.6 Å². The summed E-state index contributed by atoms with van der Waals surface area (Å²) in [6.07, 6.45) is 1.05. The third-order valence-electron chi connectivity index (χ3n) is 1.49. The number of hydrogen-bond donors (Lipinski definition) is 0. The molecule has 1 fully saturated rings. The van der Waals surface area contributed by atoms with E-state index in [1.54, 1.807) is 6.08 Å². The summed E-state index contributed by atoms with van der Waals surface area (Å²) in [4.78, 5) is 11.0. The number of carbonyl (C=O) groups is 1. The van der Waals surface area contributed by atoms with Crippen LogP contribution in [0, 0.1) is 0 Å². The minimum absolute atomic E-state index is 0.0305. The summed E-state index contributed by atoms with van der Waals surface area (Å²) < 4.78 is 10.7. The molecule has 0 amide bonds. The quantitative estimate of drug-likeness (QED) is 0.580. The minimum atomic E-state index is -0.649. The molecule has 1 saturated heterocycles. The summed E-state index contributed by atoms with van der Waals surface area (Å²) in [6, 6.07) is 0. The van der Waals surface area contributed by atoms with Crippen LogP contribution in [0.3, 0.4) is 0 Å². The Balaban J connectivity index is 2.33. The van der Waals surface area contributed by atoms with Crippen molar-refractivity contribution < 1.29 is 14.3 Å². The highest BCUT2D eigenvalue weighted by Crippen LogP contribution is 2.26. The van der Waals surface area contributed by atoms with Gasteiger partial charge in [0.1, 0.15) is 6.10 Å². The van der Waals surface area contributed by atoms with E-state index in [1.165, 1.54) is 0 Å². The first-order valence-corrected chi connectivity index (χ1v) is 3.75. The van der Waals surface area contributed by atoms with Crippen molar-refractivity contribution in [1.29, 1.82) is 0 Å². The second-order valence-corrected chi connectivity index (χ2v) is 3.07. The lowest BCUT2D eigenvalue weighted by Crippen LogP contribution is -2.26. The standard InChI is InChI=1S/C6H5BrO3/c7-4-1-3-2-9-6(10-3)5(4)8/h1,3,6H,2H2/t3-,6+/m0/s1. The molecule has 0 aliphatic carbocycles. The molecule has 0 aromatic rings. The first-order chi connectivity index (χ1) is 4.77. The first-order valence-electron chi connectivity index (χ1n) is 2.96. The van der Waals surface area contributed by atoms with Crippen LogP contribution in [-0.4, -0.2) is 24.8 Å². The second kappa shape index (κ2) is 2.15. The van der Waals surface area contributed by atoms with Gasteiger partial charge in [0.2, 0.25) is 12.1 Å². The highest BCUT2D eigenvalue weighted by Gasteiger charge is 2.36. The third-order valence-corrected chi connectivity index (χ3v) is 2.15. The van der Waals surface area contributed by atoms with Gasteiger partial charge >= 0.3 is 0 Å². The first kappa shape index (κ1) is 6.52. The molecule has 0 aromatic heterocycles. The highest BCUT2D eigenvalue weighted by molar-refractivity contribution is 9.12. The van der Waals surface area contributed by atoms with Gasteiger partial charge in [-0.1, -0.05) is 0 Å². The molecule has 2 aliphatic heterocycles. The fourth-order valence-electron chi connectivity index (χ4n) is 1.00. The summed E-state index contributed by atoms with van der Waals surface area (Å²) >= 11 is 3.13. The summed E-state index contributed by atoms with van der Waals surface area (Å²) in [7, 11) is 0. The van der Waals surface area contributed by atoms with E-state index in [0.29, 0.717) is 11.1 Å². The fourth-order valence-corrected chi connectivity index (χ4v) is 1.48. The molecular weight excluding hydrogens is 200 g/mol. The van der Waals surface area contributed by atoms with Gasteiger partial charge in [0, 0.05) is 0 Å². The van der Waals surface area contributed by atoms with E-state index in [1.807, 2.05) is 0 Å². The Labute approximate surface area is 66.1 Å². The van der Waals surface area contributed by atoms with Gasteiger partial charge in [0.05, 0.1) is 11.1 Å². The Hall–Kier alpha value is -0.190. The van der Waals surface area contributed by atoms with E-state index >= 15 is 0 Å². The Kier molecular flexibility index (Phi) is 1.40. The van der Waals surface area contributed by atoms with Crippen LogP contribution in [0.2, 0.25) is 0 Å². The second-order valence-electron chi connectivity index (χ2n) is 2.22. The SMILES string of the molecule is O=C1C(Br)=C[C@H]2CO[C@@H]1O2. The Morgan fingerprint density at radius 3 is 3.30 bits per heavy atom. The Morgan fingerprint density at radius 2 is 2.50 bits per heavy atom. The molecule has 0 N–H and O–H groups in total. The average molecular weight is 205 g/mol. The lowest BCUT2D eigenvalue weighted by atomic mass is 10.2. The number of fused-ring (bicyclic) bond motifs is 2. The molecule has 2 aliphatic rings. The molecule has 2 bridgehead atoms. The number of ketones is 1. The van der Waals surface area contributed by atoms with Gasteiger partial charge in [-0.2, -0.15) is 0 Å². The topological polar surface area (TPSA) is 35.5 Å². The zero-order chi connectivity index (χ0) is 7.14. The van der Waals surface area contributed by atoms with E-state index in [4.69, 9.17) is 9.47 Å². The number of ether oxygens (including phenoxy) is 2. The maximum atomic E-state index is 11.0. The smallest absolute Gasteiger partial charge is 0.225 e. The minimum Gasteiger partial charge on any atom is -0.343 e. The van der Waals surface area contributed by atoms with Crippen molar-refractivity contribution >= 4 is 21.7 Å². The Morgan fingerprint density at radius 1 is 1.70 bits per heavy atom. The molecule has 3 nitrogen and oxygen atoms in total. The summed E-state index contributed by atoms with van der Waals surface area (Å²) in [5, 5.41) is 0. The van der Waals surface area contributed by atoms with Crippen LogP contribution in [0.4, 0.5) is 0 Å². The monoisotopic (exact) mass is 204 g/mol. The van der Waals surface area contributed by atoms with Crippen molar-refractivity contribution in [2.24, 2.45) is 0 Å². The average Bonchev–Trinajstić information content (AvgIpc) is 2.29. The summed E-state index contributed by atoms with van der Waals surface area (Å²) in [5.74, 6) is -0.117. The maximum absolute atomic E-state index is 11.0. The van der Waals surface area contributed by atoms with Crippen LogP contribution in [0.1, 0.15) is 0 Å². The van der Waals surface area contributed by atoms with Crippen molar-refractivity contribution in [2.45, 2.75) is 12.4 Å². The molecule has 10 heavy (non-hydrogen) atoms. The third kappa shape index (κ3) is 0.836. The lowest BCUT2D eigenvalue weighted by Gasteiger charge is -2.12. The normalized spacial score (nSPS) is 38.1. The van der Waals surface area contributed by atoms with E-state index in [-0.39, 0.29) is 11.9 Å². The van der Waals surface area contributed by atoms with E-state index in [9.17, 15) is 4.79 Å². The number of rotatable bonds is 0. The van der Waals surface area contributed by atoms with Crippen LogP contribution < -0.4 is 0 Å².